The number of aryl methyl sites for hydroxylation is 1. The molecule has 0 bridgehead atoms. The lowest BCUT2D eigenvalue weighted by atomic mass is 10.2. The van der Waals surface area contributed by atoms with Crippen LogP contribution in [-0.4, -0.2) is 26.3 Å². The SMILES string of the molecule is Cc1ccc(CN(C)S(=O)(=O)c2ccc3c(c2)NCC3)o1. The van der Waals surface area contributed by atoms with Crippen molar-refractivity contribution in [3.05, 3.63) is 47.4 Å². The third kappa shape index (κ3) is 2.69. The predicted molar refractivity (Wildman–Crippen MR) is 80.7 cm³/mol. The first kappa shape index (κ1) is 14.2. The van der Waals surface area contributed by atoms with Crippen LogP contribution in [0.15, 0.2) is 39.6 Å². The van der Waals surface area contributed by atoms with Gasteiger partial charge < -0.3 is 9.73 Å². The Morgan fingerprint density at radius 1 is 1.29 bits per heavy atom. The van der Waals surface area contributed by atoms with Gasteiger partial charge in [-0.2, -0.15) is 4.31 Å². The Balaban J connectivity index is 1.85. The molecule has 0 unspecified atom stereocenters. The fourth-order valence-electron chi connectivity index (χ4n) is 2.48. The molecule has 1 aliphatic rings. The number of nitrogens with zero attached hydrogens (tertiary/aromatic N) is 1. The molecule has 0 aliphatic carbocycles. The van der Waals surface area contributed by atoms with Gasteiger partial charge in [-0.25, -0.2) is 8.42 Å². The highest BCUT2D eigenvalue weighted by molar-refractivity contribution is 7.89. The smallest absolute Gasteiger partial charge is 0.243 e. The molecule has 0 saturated carbocycles. The van der Waals surface area contributed by atoms with Crippen LogP contribution in [0.25, 0.3) is 0 Å². The van der Waals surface area contributed by atoms with Crippen molar-refractivity contribution in [1.82, 2.24) is 4.31 Å². The summed E-state index contributed by atoms with van der Waals surface area (Å²) in [5.74, 6) is 1.41. The molecule has 2 aromatic rings. The second-order valence-electron chi connectivity index (χ2n) is 5.27. The molecule has 0 amide bonds. The zero-order chi connectivity index (χ0) is 15.0. The van der Waals surface area contributed by atoms with Gasteiger partial charge in [0.25, 0.3) is 0 Å². The lowest BCUT2D eigenvalue weighted by Crippen LogP contribution is -2.26. The Morgan fingerprint density at radius 3 is 2.81 bits per heavy atom. The molecular weight excluding hydrogens is 288 g/mol. The third-order valence-corrected chi connectivity index (χ3v) is 5.47. The number of rotatable bonds is 4. The van der Waals surface area contributed by atoms with Crippen molar-refractivity contribution in [2.45, 2.75) is 24.8 Å². The maximum absolute atomic E-state index is 12.6. The molecule has 5 nitrogen and oxygen atoms in total. The monoisotopic (exact) mass is 306 g/mol. The van der Waals surface area contributed by atoms with Gasteiger partial charge >= 0.3 is 0 Å². The van der Waals surface area contributed by atoms with Crippen LogP contribution in [-0.2, 0) is 23.0 Å². The first-order chi connectivity index (χ1) is 9.96. The standard InChI is InChI=1S/C15H18N2O3S/c1-11-3-5-13(20-11)10-17(2)21(18,19)14-6-4-12-7-8-16-15(12)9-14/h3-6,9,16H,7-8,10H2,1-2H3. The molecule has 112 valence electrons. The summed E-state index contributed by atoms with van der Waals surface area (Å²) in [7, 11) is -1.95. The van der Waals surface area contributed by atoms with E-state index >= 15 is 0 Å². The van der Waals surface area contributed by atoms with Gasteiger partial charge in [-0.05, 0) is 43.2 Å². The van der Waals surface area contributed by atoms with Gasteiger partial charge in [0.1, 0.15) is 11.5 Å². The van der Waals surface area contributed by atoms with Crippen LogP contribution in [0.1, 0.15) is 17.1 Å². The summed E-state index contributed by atoms with van der Waals surface area (Å²) < 4.78 is 31.9. The highest BCUT2D eigenvalue weighted by Crippen LogP contribution is 2.27. The summed E-state index contributed by atoms with van der Waals surface area (Å²) in [5.41, 5.74) is 2.08. The third-order valence-electron chi connectivity index (χ3n) is 3.67. The van der Waals surface area contributed by atoms with Crippen molar-refractivity contribution < 1.29 is 12.8 Å². The minimum absolute atomic E-state index is 0.223. The van der Waals surface area contributed by atoms with Gasteiger partial charge in [0.2, 0.25) is 10.0 Å². The molecule has 0 fully saturated rings. The van der Waals surface area contributed by atoms with Crippen LogP contribution in [0.2, 0.25) is 0 Å². The highest BCUT2D eigenvalue weighted by Gasteiger charge is 2.23. The molecule has 0 radical (unpaired) electrons. The number of furan rings is 1. The van der Waals surface area contributed by atoms with E-state index in [0.29, 0.717) is 10.7 Å². The fraction of sp³-hybridized carbons (Fsp3) is 0.333. The van der Waals surface area contributed by atoms with E-state index < -0.39 is 10.0 Å². The van der Waals surface area contributed by atoms with Crippen molar-refractivity contribution in [2.24, 2.45) is 0 Å². The summed E-state index contributed by atoms with van der Waals surface area (Å²) in [4.78, 5) is 0.307. The van der Waals surface area contributed by atoms with E-state index in [1.165, 1.54) is 9.87 Å². The first-order valence-corrected chi connectivity index (χ1v) is 8.29. The Labute approximate surface area is 124 Å². The second-order valence-corrected chi connectivity index (χ2v) is 7.31. The summed E-state index contributed by atoms with van der Waals surface area (Å²) in [6, 6.07) is 8.89. The molecule has 1 aromatic heterocycles. The molecule has 21 heavy (non-hydrogen) atoms. The van der Waals surface area contributed by atoms with Gasteiger partial charge in [0, 0.05) is 19.3 Å². The molecule has 0 spiro atoms. The normalized spacial score (nSPS) is 14.2. The second kappa shape index (κ2) is 5.20. The minimum atomic E-state index is -3.52. The highest BCUT2D eigenvalue weighted by atomic mass is 32.2. The molecule has 1 N–H and O–H groups in total. The average Bonchev–Trinajstić information content (AvgIpc) is 3.06. The molecule has 1 aliphatic heterocycles. The van der Waals surface area contributed by atoms with Crippen LogP contribution in [0, 0.1) is 6.92 Å². The molecular formula is C15H18N2O3S. The summed E-state index contributed by atoms with van der Waals surface area (Å²) in [6.45, 7) is 2.92. The van der Waals surface area contributed by atoms with Crippen molar-refractivity contribution in [3.63, 3.8) is 0 Å². The summed E-state index contributed by atoms with van der Waals surface area (Å²) in [6.07, 6.45) is 0.942. The summed E-state index contributed by atoms with van der Waals surface area (Å²) in [5, 5.41) is 3.20. The van der Waals surface area contributed by atoms with Crippen LogP contribution in [0.3, 0.4) is 0 Å². The van der Waals surface area contributed by atoms with Crippen LogP contribution < -0.4 is 5.32 Å². The van der Waals surface area contributed by atoms with E-state index in [2.05, 4.69) is 5.32 Å². The maximum atomic E-state index is 12.6. The number of anilines is 1. The summed E-state index contributed by atoms with van der Waals surface area (Å²) >= 11 is 0. The van der Waals surface area contributed by atoms with E-state index in [4.69, 9.17) is 4.42 Å². The number of hydrogen-bond donors (Lipinski definition) is 1. The first-order valence-electron chi connectivity index (χ1n) is 6.85. The lowest BCUT2D eigenvalue weighted by molar-refractivity contribution is 0.397. The molecule has 2 heterocycles. The van der Waals surface area contributed by atoms with Gasteiger partial charge in [-0.1, -0.05) is 6.07 Å². The van der Waals surface area contributed by atoms with Crippen LogP contribution >= 0.6 is 0 Å². The van der Waals surface area contributed by atoms with E-state index in [1.54, 1.807) is 25.2 Å². The van der Waals surface area contributed by atoms with E-state index in [1.807, 2.05) is 19.1 Å². The number of hydrogen-bond acceptors (Lipinski definition) is 4. The van der Waals surface area contributed by atoms with Gasteiger partial charge in [-0.3, -0.25) is 0 Å². The largest absolute Gasteiger partial charge is 0.465 e. The zero-order valence-corrected chi connectivity index (χ0v) is 12.9. The lowest BCUT2D eigenvalue weighted by Gasteiger charge is -2.16. The quantitative estimate of drug-likeness (QED) is 0.942. The molecule has 6 heteroatoms. The van der Waals surface area contributed by atoms with Crippen LogP contribution in [0.4, 0.5) is 5.69 Å². The van der Waals surface area contributed by atoms with Crippen molar-refractivity contribution >= 4 is 15.7 Å². The topological polar surface area (TPSA) is 62.6 Å². The van der Waals surface area contributed by atoms with Gasteiger partial charge in [-0.15, -0.1) is 0 Å². The van der Waals surface area contributed by atoms with Gasteiger partial charge in [0.05, 0.1) is 11.4 Å². The Bertz CT molecular complexity index is 765. The molecule has 3 rings (SSSR count). The maximum Gasteiger partial charge on any atom is 0.243 e. The molecule has 1 aromatic carbocycles. The Morgan fingerprint density at radius 2 is 2.10 bits per heavy atom. The van der Waals surface area contributed by atoms with Crippen molar-refractivity contribution in [2.75, 3.05) is 18.9 Å². The van der Waals surface area contributed by atoms with Crippen molar-refractivity contribution in [3.8, 4) is 0 Å². The Kier molecular flexibility index (Phi) is 3.51. The number of benzene rings is 1. The Hall–Kier alpha value is -1.79. The predicted octanol–water partition coefficient (Wildman–Crippen LogP) is 2.38. The van der Waals surface area contributed by atoms with Crippen molar-refractivity contribution in [1.29, 1.82) is 0 Å². The molecule has 0 saturated heterocycles. The number of nitrogens with one attached hydrogen (secondary N) is 1. The fourth-order valence-corrected chi connectivity index (χ4v) is 3.65. The average molecular weight is 306 g/mol. The number of sulfonamides is 1. The zero-order valence-electron chi connectivity index (χ0n) is 12.1. The van der Waals surface area contributed by atoms with E-state index in [9.17, 15) is 8.42 Å². The van der Waals surface area contributed by atoms with Gasteiger partial charge in [0.15, 0.2) is 0 Å². The van der Waals surface area contributed by atoms with Crippen LogP contribution in [0.5, 0.6) is 0 Å². The van der Waals surface area contributed by atoms with E-state index in [0.717, 1.165) is 24.4 Å². The minimum Gasteiger partial charge on any atom is -0.465 e. The molecule has 0 atom stereocenters. The number of fused-ring (bicyclic) bond motifs is 1. The van der Waals surface area contributed by atoms with E-state index in [-0.39, 0.29) is 6.54 Å².